The number of carbonyl (C=O) groups is 2. The molecule has 0 saturated carbocycles. The largest absolute Gasteiger partial charge is 0.417 e. The van der Waals surface area contributed by atoms with Crippen molar-refractivity contribution < 1.29 is 31.2 Å². The predicted molar refractivity (Wildman–Crippen MR) is 191 cm³/mol. The molecule has 0 aliphatic heterocycles. The molecule has 0 fully saturated rings. The van der Waals surface area contributed by atoms with Crippen LogP contribution in [0.5, 0.6) is 0 Å². The molecule has 0 radical (unpaired) electrons. The van der Waals surface area contributed by atoms with E-state index in [2.05, 4.69) is 5.32 Å². The van der Waals surface area contributed by atoms with Crippen LogP contribution in [0.2, 0.25) is 15.1 Å². The molecular formula is C36H35Cl3F3N3O4S. The third-order valence-electron chi connectivity index (χ3n) is 7.74. The highest BCUT2D eigenvalue weighted by Crippen LogP contribution is 2.38. The molecule has 0 heterocycles. The van der Waals surface area contributed by atoms with Gasteiger partial charge >= 0.3 is 6.18 Å². The maximum absolute atomic E-state index is 14.6. The summed E-state index contributed by atoms with van der Waals surface area (Å²) in [4.78, 5) is 29.4. The van der Waals surface area contributed by atoms with Gasteiger partial charge in [0.05, 0.1) is 21.2 Å². The molecule has 0 spiro atoms. The normalized spacial score (nSPS) is 12.4. The van der Waals surface area contributed by atoms with E-state index in [1.807, 2.05) is 13.8 Å². The van der Waals surface area contributed by atoms with E-state index in [1.165, 1.54) is 35.2 Å². The Morgan fingerprint density at radius 1 is 0.860 bits per heavy atom. The summed E-state index contributed by atoms with van der Waals surface area (Å²) in [6, 6.07) is 20.6. The van der Waals surface area contributed by atoms with Crippen LogP contribution in [0, 0.1) is 12.8 Å². The van der Waals surface area contributed by atoms with Gasteiger partial charge in [-0.1, -0.05) is 103 Å². The van der Waals surface area contributed by atoms with Gasteiger partial charge in [-0.15, -0.1) is 0 Å². The molecule has 4 aromatic rings. The van der Waals surface area contributed by atoms with Crippen LogP contribution < -0.4 is 9.62 Å². The maximum Gasteiger partial charge on any atom is 0.417 e. The summed E-state index contributed by atoms with van der Waals surface area (Å²) in [7, 11) is -4.66. The van der Waals surface area contributed by atoms with Crippen LogP contribution in [0.25, 0.3) is 0 Å². The first kappa shape index (κ1) is 39.0. The molecule has 4 rings (SSSR count). The van der Waals surface area contributed by atoms with Crippen molar-refractivity contribution >= 4 is 62.3 Å². The first-order valence-corrected chi connectivity index (χ1v) is 18.1. The van der Waals surface area contributed by atoms with Gasteiger partial charge < -0.3 is 10.2 Å². The lowest BCUT2D eigenvalue weighted by atomic mass is 10.0. The number of rotatable bonds is 13. The summed E-state index contributed by atoms with van der Waals surface area (Å²) in [5.74, 6) is -1.33. The molecule has 14 heteroatoms. The summed E-state index contributed by atoms with van der Waals surface area (Å²) >= 11 is 18.5. The number of amides is 2. The molecule has 0 aliphatic carbocycles. The van der Waals surface area contributed by atoms with Gasteiger partial charge in [-0.05, 0) is 66.4 Å². The third-order valence-corrected chi connectivity index (χ3v) is 10.4. The van der Waals surface area contributed by atoms with Crippen LogP contribution in [0.15, 0.2) is 95.9 Å². The second-order valence-electron chi connectivity index (χ2n) is 12.1. The van der Waals surface area contributed by atoms with Crippen molar-refractivity contribution in [3.8, 4) is 0 Å². The zero-order valence-corrected chi connectivity index (χ0v) is 30.4. The standard InChI is InChI=1S/C36H35Cl3F3N3O4S/c1-23(2)20-43-35(47)33(17-25-7-5-4-6-8-25)44(21-26-11-12-27(37)18-32(26)39)34(46)22-45(50(48,49)29-14-9-24(3)10-15-29)28-13-16-31(38)30(19-28)36(40,41)42/h4-16,18-19,23,33H,17,20-22H2,1-3H3,(H,43,47)/t33-/m0/s1. The second kappa shape index (κ2) is 16.5. The molecular weight excluding hydrogens is 734 g/mol. The average Bonchev–Trinajstić information content (AvgIpc) is 3.05. The number of hydrogen-bond acceptors (Lipinski definition) is 4. The lowest BCUT2D eigenvalue weighted by Gasteiger charge is -2.34. The van der Waals surface area contributed by atoms with Crippen molar-refractivity contribution in [1.29, 1.82) is 0 Å². The zero-order valence-electron chi connectivity index (χ0n) is 27.3. The highest BCUT2D eigenvalue weighted by atomic mass is 35.5. The van der Waals surface area contributed by atoms with Gasteiger partial charge in [0, 0.05) is 29.6 Å². The van der Waals surface area contributed by atoms with E-state index in [4.69, 9.17) is 34.8 Å². The van der Waals surface area contributed by atoms with Crippen molar-refractivity contribution in [3.63, 3.8) is 0 Å². The molecule has 7 nitrogen and oxygen atoms in total. The molecule has 0 saturated heterocycles. The number of alkyl halides is 3. The molecule has 1 N–H and O–H groups in total. The molecule has 0 aliphatic rings. The third kappa shape index (κ3) is 9.93. The SMILES string of the molecule is Cc1ccc(S(=O)(=O)N(CC(=O)N(Cc2ccc(Cl)cc2Cl)[C@@H](Cc2ccccc2)C(=O)NCC(C)C)c2ccc(Cl)c(C(F)(F)F)c2)cc1. The Hall–Kier alpha value is -3.77. The van der Waals surface area contributed by atoms with Crippen LogP contribution in [-0.2, 0) is 38.8 Å². The quantitative estimate of drug-likeness (QED) is 0.148. The Balaban J connectivity index is 1.88. The molecule has 0 aromatic heterocycles. The fourth-order valence-electron chi connectivity index (χ4n) is 5.06. The minimum Gasteiger partial charge on any atom is -0.354 e. The molecule has 266 valence electrons. The van der Waals surface area contributed by atoms with Crippen molar-refractivity contribution in [3.05, 3.63) is 128 Å². The van der Waals surface area contributed by atoms with Gasteiger partial charge in [0.2, 0.25) is 11.8 Å². The molecule has 4 aromatic carbocycles. The molecule has 0 unspecified atom stereocenters. The van der Waals surface area contributed by atoms with Crippen LogP contribution in [-0.4, -0.2) is 44.3 Å². The Labute approximate surface area is 305 Å². The van der Waals surface area contributed by atoms with E-state index in [0.717, 1.165) is 17.7 Å². The Bertz CT molecular complexity index is 1930. The summed E-state index contributed by atoms with van der Waals surface area (Å²) in [5.41, 5.74) is 0.100. The van der Waals surface area contributed by atoms with Crippen molar-refractivity contribution in [2.45, 2.75) is 50.9 Å². The van der Waals surface area contributed by atoms with Crippen LogP contribution >= 0.6 is 34.8 Å². The first-order chi connectivity index (χ1) is 23.5. The van der Waals surface area contributed by atoms with Crippen molar-refractivity contribution in [2.24, 2.45) is 5.92 Å². The van der Waals surface area contributed by atoms with E-state index in [-0.39, 0.29) is 35.3 Å². The van der Waals surface area contributed by atoms with Crippen LogP contribution in [0.3, 0.4) is 0 Å². The fourth-order valence-corrected chi connectivity index (χ4v) is 7.16. The van der Waals surface area contributed by atoms with Crippen LogP contribution in [0.4, 0.5) is 18.9 Å². The number of sulfonamides is 1. The lowest BCUT2D eigenvalue weighted by molar-refractivity contribution is -0.140. The van der Waals surface area contributed by atoms with E-state index in [9.17, 15) is 31.2 Å². The first-order valence-electron chi connectivity index (χ1n) is 15.5. The number of hydrogen-bond donors (Lipinski definition) is 1. The fraction of sp³-hybridized carbons (Fsp3) is 0.278. The zero-order chi connectivity index (χ0) is 36.8. The molecule has 50 heavy (non-hydrogen) atoms. The minimum absolute atomic E-state index is 0.0333. The van der Waals surface area contributed by atoms with Gasteiger partial charge in [-0.25, -0.2) is 8.42 Å². The number of benzene rings is 4. The monoisotopic (exact) mass is 767 g/mol. The number of halogens is 6. The number of nitrogens with one attached hydrogen (secondary N) is 1. The number of anilines is 1. The average molecular weight is 769 g/mol. The molecule has 2 amide bonds. The van der Waals surface area contributed by atoms with Gasteiger partial charge in [-0.2, -0.15) is 13.2 Å². The van der Waals surface area contributed by atoms with Gasteiger partial charge in [0.15, 0.2) is 0 Å². The molecule has 0 bridgehead atoms. The van der Waals surface area contributed by atoms with Crippen molar-refractivity contribution in [1.82, 2.24) is 10.2 Å². The van der Waals surface area contributed by atoms with Crippen LogP contribution in [0.1, 0.15) is 36.1 Å². The maximum atomic E-state index is 14.6. The van der Waals surface area contributed by atoms with Gasteiger partial charge in [-0.3, -0.25) is 13.9 Å². The Kier molecular flexibility index (Phi) is 12.9. The van der Waals surface area contributed by atoms with E-state index < -0.39 is 56.9 Å². The van der Waals surface area contributed by atoms with Gasteiger partial charge in [0.25, 0.3) is 10.0 Å². The van der Waals surface area contributed by atoms with E-state index in [0.29, 0.717) is 26.5 Å². The number of aryl methyl sites for hydroxylation is 1. The number of carbonyl (C=O) groups excluding carboxylic acids is 2. The predicted octanol–water partition coefficient (Wildman–Crippen LogP) is 8.58. The topological polar surface area (TPSA) is 86.8 Å². The Morgan fingerprint density at radius 2 is 1.52 bits per heavy atom. The summed E-state index contributed by atoms with van der Waals surface area (Å²) < 4.78 is 71.0. The molecule has 1 atom stereocenters. The summed E-state index contributed by atoms with van der Waals surface area (Å²) in [6.07, 6.45) is -4.89. The summed E-state index contributed by atoms with van der Waals surface area (Å²) in [5, 5.41) is 2.73. The number of nitrogens with zero attached hydrogens (tertiary/aromatic N) is 2. The smallest absolute Gasteiger partial charge is 0.354 e. The highest BCUT2D eigenvalue weighted by Gasteiger charge is 2.38. The second-order valence-corrected chi connectivity index (χ2v) is 15.2. The van der Waals surface area contributed by atoms with E-state index in [1.54, 1.807) is 49.4 Å². The van der Waals surface area contributed by atoms with Crippen molar-refractivity contribution in [2.75, 3.05) is 17.4 Å². The summed E-state index contributed by atoms with van der Waals surface area (Å²) in [6.45, 7) is 4.60. The Morgan fingerprint density at radius 3 is 2.12 bits per heavy atom. The minimum atomic E-state index is -4.93. The van der Waals surface area contributed by atoms with Gasteiger partial charge in [0.1, 0.15) is 12.6 Å². The lowest BCUT2D eigenvalue weighted by Crippen LogP contribution is -2.53. The van der Waals surface area contributed by atoms with E-state index >= 15 is 0 Å². The highest BCUT2D eigenvalue weighted by molar-refractivity contribution is 7.92.